The standard InChI is InChI=1S/C15H19NO/c1-3-11(2)16-14-15(9-13(15)10-17-14)12-7-5-4-6-8-12/h4-8,11,13H,3,9-10H2,1-2H3/b16-14-. The van der Waals surface area contributed by atoms with Crippen LogP contribution in [0.15, 0.2) is 35.3 Å². The summed E-state index contributed by atoms with van der Waals surface area (Å²) >= 11 is 0. The van der Waals surface area contributed by atoms with Crippen LogP contribution in [0.2, 0.25) is 0 Å². The van der Waals surface area contributed by atoms with Crippen LogP contribution in [-0.2, 0) is 10.2 Å². The highest BCUT2D eigenvalue weighted by Crippen LogP contribution is 2.59. The third-order valence-electron chi connectivity index (χ3n) is 4.13. The number of fused-ring (bicyclic) bond motifs is 1. The monoisotopic (exact) mass is 229 g/mol. The van der Waals surface area contributed by atoms with Crippen molar-refractivity contribution in [3.8, 4) is 0 Å². The lowest BCUT2D eigenvalue weighted by Crippen LogP contribution is -2.21. The Balaban J connectivity index is 1.95. The van der Waals surface area contributed by atoms with E-state index in [4.69, 9.17) is 9.73 Å². The molecule has 17 heavy (non-hydrogen) atoms. The molecule has 2 aliphatic rings. The molecule has 0 radical (unpaired) electrons. The van der Waals surface area contributed by atoms with Gasteiger partial charge >= 0.3 is 0 Å². The van der Waals surface area contributed by atoms with Gasteiger partial charge in [0.2, 0.25) is 0 Å². The van der Waals surface area contributed by atoms with Crippen molar-refractivity contribution < 1.29 is 4.74 Å². The molecule has 3 unspecified atom stereocenters. The first-order valence-corrected chi connectivity index (χ1v) is 6.54. The van der Waals surface area contributed by atoms with Gasteiger partial charge < -0.3 is 4.74 Å². The van der Waals surface area contributed by atoms with Gasteiger partial charge in [0.1, 0.15) is 0 Å². The van der Waals surface area contributed by atoms with Gasteiger partial charge in [-0.2, -0.15) is 0 Å². The van der Waals surface area contributed by atoms with Crippen molar-refractivity contribution >= 4 is 5.90 Å². The van der Waals surface area contributed by atoms with E-state index in [-0.39, 0.29) is 5.41 Å². The smallest absolute Gasteiger partial charge is 0.194 e. The molecule has 2 heteroatoms. The quantitative estimate of drug-likeness (QED) is 0.780. The van der Waals surface area contributed by atoms with Crippen molar-refractivity contribution in [2.24, 2.45) is 10.9 Å². The van der Waals surface area contributed by atoms with Gasteiger partial charge in [-0.25, -0.2) is 0 Å². The van der Waals surface area contributed by atoms with Gasteiger partial charge in [0, 0.05) is 5.92 Å². The average molecular weight is 229 g/mol. The molecule has 1 aliphatic carbocycles. The Kier molecular flexibility index (Phi) is 2.46. The van der Waals surface area contributed by atoms with E-state index >= 15 is 0 Å². The molecule has 2 nitrogen and oxygen atoms in total. The summed E-state index contributed by atoms with van der Waals surface area (Å²) in [5.74, 6) is 1.65. The van der Waals surface area contributed by atoms with E-state index in [1.165, 1.54) is 12.0 Å². The van der Waals surface area contributed by atoms with Gasteiger partial charge in [0.25, 0.3) is 0 Å². The van der Waals surface area contributed by atoms with E-state index in [9.17, 15) is 0 Å². The van der Waals surface area contributed by atoms with E-state index in [2.05, 4.69) is 44.2 Å². The summed E-state index contributed by atoms with van der Waals surface area (Å²) in [6.45, 7) is 5.18. The molecule has 1 aromatic rings. The summed E-state index contributed by atoms with van der Waals surface area (Å²) in [4.78, 5) is 4.76. The van der Waals surface area contributed by atoms with Crippen LogP contribution in [0.1, 0.15) is 32.3 Å². The highest BCUT2D eigenvalue weighted by Gasteiger charge is 2.64. The summed E-state index contributed by atoms with van der Waals surface area (Å²) in [5, 5.41) is 0. The van der Waals surface area contributed by atoms with E-state index in [1.54, 1.807) is 0 Å². The molecule has 0 amide bonds. The SMILES string of the molecule is CCC(C)/N=C1\OCC2CC12c1ccccc1. The van der Waals surface area contributed by atoms with E-state index < -0.39 is 0 Å². The normalized spacial score (nSPS) is 34.2. The molecule has 1 aromatic carbocycles. The summed E-state index contributed by atoms with van der Waals surface area (Å²) in [6, 6.07) is 11.1. The molecule has 1 saturated carbocycles. The maximum Gasteiger partial charge on any atom is 0.194 e. The zero-order chi connectivity index (χ0) is 11.9. The van der Waals surface area contributed by atoms with Crippen LogP contribution < -0.4 is 0 Å². The zero-order valence-electron chi connectivity index (χ0n) is 10.5. The van der Waals surface area contributed by atoms with Crippen LogP contribution in [0.3, 0.4) is 0 Å². The minimum atomic E-state index is 0.130. The lowest BCUT2D eigenvalue weighted by Gasteiger charge is -2.15. The summed E-state index contributed by atoms with van der Waals surface area (Å²) in [6.07, 6.45) is 2.29. The molecular formula is C15H19NO. The van der Waals surface area contributed by atoms with Crippen LogP contribution in [0.5, 0.6) is 0 Å². The molecule has 3 rings (SSSR count). The molecular weight excluding hydrogens is 210 g/mol. The molecule has 0 N–H and O–H groups in total. The van der Waals surface area contributed by atoms with Gasteiger partial charge in [-0.3, -0.25) is 4.99 Å². The van der Waals surface area contributed by atoms with E-state index in [0.29, 0.717) is 12.0 Å². The molecule has 0 aromatic heterocycles. The van der Waals surface area contributed by atoms with Crippen LogP contribution in [0, 0.1) is 5.92 Å². The summed E-state index contributed by atoms with van der Waals surface area (Å²) in [7, 11) is 0. The summed E-state index contributed by atoms with van der Waals surface area (Å²) in [5.41, 5.74) is 1.51. The van der Waals surface area contributed by atoms with Gasteiger partial charge in [0.05, 0.1) is 18.1 Å². The predicted molar refractivity (Wildman–Crippen MR) is 69.4 cm³/mol. The first kappa shape index (κ1) is 10.8. The zero-order valence-corrected chi connectivity index (χ0v) is 10.5. The van der Waals surface area contributed by atoms with Crippen molar-refractivity contribution in [1.82, 2.24) is 0 Å². The Morgan fingerprint density at radius 3 is 2.82 bits per heavy atom. The number of hydrogen-bond donors (Lipinski definition) is 0. The van der Waals surface area contributed by atoms with Crippen LogP contribution in [0.25, 0.3) is 0 Å². The number of rotatable bonds is 3. The molecule has 90 valence electrons. The molecule has 0 bridgehead atoms. The number of aliphatic imine (C=N–C) groups is 1. The van der Waals surface area contributed by atoms with Gasteiger partial charge in [-0.1, -0.05) is 37.3 Å². The van der Waals surface area contributed by atoms with Crippen molar-refractivity contribution in [1.29, 1.82) is 0 Å². The minimum Gasteiger partial charge on any atom is -0.480 e. The Morgan fingerprint density at radius 1 is 1.41 bits per heavy atom. The molecule has 2 fully saturated rings. The maximum absolute atomic E-state index is 5.80. The highest BCUT2D eigenvalue weighted by molar-refractivity contribution is 5.94. The Labute approximate surface area is 103 Å². The van der Waals surface area contributed by atoms with Crippen molar-refractivity contribution in [2.45, 2.75) is 38.1 Å². The summed E-state index contributed by atoms with van der Waals surface area (Å²) < 4.78 is 5.80. The second-order valence-corrected chi connectivity index (χ2v) is 5.24. The van der Waals surface area contributed by atoms with E-state index in [0.717, 1.165) is 18.9 Å². The Morgan fingerprint density at radius 2 is 2.18 bits per heavy atom. The first-order chi connectivity index (χ1) is 8.27. The Hall–Kier alpha value is -1.31. The van der Waals surface area contributed by atoms with Gasteiger partial charge in [0.15, 0.2) is 5.90 Å². The third kappa shape index (κ3) is 1.58. The van der Waals surface area contributed by atoms with Crippen LogP contribution in [-0.4, -0.2) is 18.5 Å². The van der Waals surface area contributed by atoms with Crippen molar-refractivity contribution in [2.75, 3.05) is 6.61 Å². The molecule has 1 saturated heterocycles. The van der Waals surface area contributed by atoms with Crippen molar-refractivity contribution in [3.05, 3.63) is 35.9 Å². The van der Waals surface area contributed by atoms with Gasteiger partial charge in [-0.05, 0) is 25.3 Å². The molecule has 1 heterocycles. The molecule has 0 spiro atoms. The fourth-order valence-corrected chi connectivity index (χ4v) is 2.76. The number of benzene rings is 1. The highest BCUT2D eigenvalue weighted by atomic mass is 16.5. The molecule has 1 aliphatic heterocycles. The largest absolute Gasteiger partial charge is 0.480 e. The van der Waals surface area contributed by atoms with Gasteiger partial charge in [-0.15, -0.1) is 0 Å². The number of nitrogens with zero attached hydrogens (tertiary/aromatic N) is 1. The maximum atomic E-state index is 5.80. The number of ether oxygens (including phenoxy) is 1. The topological polar surface area (TPSA) is 21.6 Å². The lowest BCUT2D eigenvalue weighted by atomic mass is 9.94. The fraction of sp³-hybridized carbons (Fsp3) is 0.533. The number of hydrogen-bond acceptors (Lipinski definition) is 2. The second-order valence-electron chi connectivity index (χ2n) is 5.24. The van der Waals surface area contributed by atoms with E-state index in [1.807, 2.05) is 0 Å². The first-order valence-electron chi connectivity index (χ1n) is 6.54. The molecule has 3 atom stereocenters. The lowest BCUT2D eigenvalue weighted by molar-refractivity contribution is 0.310. The van der Waals surface area contributed by atoms with Crippen LogP contribution in [0.4, 0.5) is 0 Å². The average Bonchev–Trinajstić information content (AvgIpc) is 3.02. The third-order valence-corrected chi connectivity index (χ3v) is 4.13. The van der Waals surface area contributed by atoms with Crippen LogP contribution >= 0.6 is 0 Å². The Bertz CT molecular complexity index is 439. The predicted octanol–water partition coefficient (Wildman–Crippen LogP) is 3.17. The van der Waals surface area contributed by atoms with Crippen molar-refractivity contribution in [3.63, 3.8) is 0 Å². The minimum absolute atomic E-state index is 0.130. The fourth-order valence-electron chi connectivity index (χ4n) is 2.76. The second kappa shape index (κ2) is 3.86.